The Hall–Kier alpha value is -2.33. The first-order valence-electron chi connectivity index (χ1n) is 7.29. The summed E-state index contributed by atoms with van der Waals surface area (Å²) < 4.78 is 4.66. The van der Waals surface area contributed by atoms with Crippen molar-refractivity contribution in [1.29, 1.82) is 0 Å². The van der Waals surface area contributed by atoms with E-state index in [1.165, 1.54) is 7.11 Å². The molecule has 0 aliphatic rings. The summed E-state index contributed by atoms with van der Waals surface area (Å²) in [6, 6.07) is 14.2. The first kappa shape index (κ1) is 17.0. The molecule has 23 heavy (non-hydrogen) atoms. The van der Waals surface area contributed by atoms with Crippen molar-refractivity contribution in [3.05, 3.63) is 64.7 Å². The van der Waals surface area contributed by atoms with E-state index >= 15 is 0 Å². The van der Waals surface area contributed by atoms with Crippen molar-refractivity contribution in [1.82, 2.24) is 0 Å². The summed E-state index contributed by atoms with van der Waals surface area (Å²) in [5.74, 6) is -0.500. The fourth-order valence-corrected chi connectivity index (χ4v) is 2.54. The summed E-state index contributed by atoms with van der Waals surface area (Å²) >= 11 is 6.19. The summed E-state index contributed by atoms with van der Waals surface area (Å²) in [6.07, 6.45) is 0.135. The van der Waals surface area contributed by atoms with Crippen LogP contribution in [0.3, 0.4) is 0 Å². The Kier molecular flexibility index (Phi) is 5.77. The van der Waals surface area contributed by atoms with Gasteiger partial charge in [0.15, 0.2) is 0 Å². The van der Waals surface area contributed by atoms with Gasteiger partial charge in [-0.3, -0.25) is 9.59 Å². The number of carbonyl (C=O) groups is 2. The third-order valence-electron chi connectivity index (χ3n) is 3.45. The van der Waals surface area contributed by atoms with Crippen LogP contribution in [0.2, 0.25) is 5.02 Å². The molecule has 2 aromatic carbocycles. The summed E-state index contributed by atoms with van der Waals surface area (Å²) in [6.45, 7) is 2.38. The summed E-state index contributed by atoms with van der Waals surface area (Å²) in [4.78, 5) is 25.8. The van der Waals surface area contributed by atoms with E-state index in [9.17, 15) is 9.59 Å². The van der Waals surface area contributed by atoms with Crippen LogP contribution in [0.25, 0.3) is 0 Å². The molecule has 1 amide bonds. The number of halogens is 1. The highest BCUT2D eigenvalue weighted by Crippen LogP contribution is 2.26. The maximum absolute atomic E-state index is 12.8. The van der Waals surface area contributed by atoms with Gasteiger partial charge in [0.25, 0.3) is 5.91 Å². The number of amides is 1. The Balaban J connectivity index is 2.30. The molecule has 5 heteroatoms. The van der Waals surface area contributed by atoms with E-state index in [4.69, 9.17) is 11.6 Å². The van der Waals surface area contributed by atoms with Crippen molar-refractivity contribution >= 4 is 29.2 Å². The number of hydrogen-bond donors (Lipinski definition) is 0. The maximum atomic E-state index is 12.8. The number of hydrogen-bond acceptors (Lipinski definition) is 3. The van der Waals surface area contributed by atoms with Crippen LogP contribution in [0.1, 0.15) is 22.8 Å². The van der Waals surface area contributed by atoms with Crippen LogP contribution in [0.4, 0.5) is 5.69 Å². The van der Waals surface area contributed by atoms with Crippen LogP contribution < -0.4 is 4.90 Å². The number of esters is 1. The molecule has 0 unspecified atom stereocenters. The van der Waals surface area contributed by atoms with Crippen molar-refractivity contribution < 1.29 is 14.3 Å². The molecule has 0 aromatic heterocycles. The molecule has 0 aliphatic heterocycles. The Labute approximate surface area is 140 Å². The van der Waals surface area contributed by atoms with Gasteiger partial charge >= 0.3 is 5.97 Å². The largest absolute Gasteiger partial charge is 0.469 e. The molecule has 0 fully saturated rings. The van der Waals surface area contributed by atoms with Gasteiger partial charge in [-0.15, -0.1) is 0 Å². The average molecular weight is 332 g/mol. The zero-order chi connectivity index (χ0) is 16.8. The number of anilines is 1. The van der Waals surface area contributed by atoms with Gasteiger partial charge in [-0.2, -0.15) is 0 Å². The van der Waals surface area contributed by atoms with Gasteiger partial charge in [0.1, 0.15) is 0 Å². The number of benzene rings is 2. The van der Waals surface area contributed by atoms with Gasteiger partial charge < -0.3 is 9.64 Å². The van der Waals surface area contributed by atoms with Gasteiger partial charge in [0, 0.05) is 12.1 Å². The smallest absolute Gasteiger partial charge is 0.309 e. The lowest BCUT2D eigenvalue weighted by atomic mass is 10.1. The molecule has 0 aliphatic carbocycles. The van der Waals surface area contributed by atoms with Crippen LogP contribution in [0.15, 0.2) is 48.5 Å². The maximum Gasteiger partial charge on any atom is 0.309 e. The summed E-state index contributed by atoms with van der Waals surface area (Å²) in [7, 11) is 1.34. The van der Waals surface area contributed by atoms with Crippen LogP contribution in [-0.2, 0) is 16.0 Å². The second kappa shape index (κ2) is 7.79. The van der Waals surface area contributed by atoms with Gasteiger partial charge in [0.2, 0.25) is 0 Å². The van der Waals surface area contributed by atoms with Gasteiger partial charge in [0.05, 0.1) is 24.2 Å². The molecule has 0 spiro atoms. The molecule has 4 nitrogen and oxygen atoms in total. The standard InChI is InChI=1S/C18H18ClNO3/c1-3-20(16-10-5-4-9-15(16)19)18(22)14-8-6-7-13(11-14)12-17(21)23-2/h4-11H,3,12H2,1-2H3. The number of para-hydroxylation sites is 1. The lowest BCUT2D eigenvalue weighted by Crippen LogP contribution is -2.31. The third kappa shape index (κ3) is 4.11. The number of carbonyl (C=O) groups excluding carboxylic acids is 2. The van der Waals surface area contributed by atoms with Gasteiger partial charge in [-0.25, -0.2) is 0 Å². The fraction of sp³-hybridized carbons (Fsp3) is 0.222. The zero-order valence-electron chi connectivity index (χ0n) is 13.1. The molecule has 2 rings (SSSR count). The lowest BCUT2D eigenvalue weighted by molar-refractivity contribution is -0.139. The highest BCUT2D eigenvalue weighted by atomic mass is 35.5. The number of rotatable bonds is 5. The molecule has 0 saturated heterocycles. The molecule has 120 valence electrons. The van der Waals surface area contributed by atoms with Gasteiger partial charge in [-0.05, 0) is 36.8 Å². The molecule has 0 atom stereocenters. The highest BCUT2D eigenvalue weighted by Gasteiger charge is 2.18. The zero-order valence-corrected chi connectivity index (χ0v) is 13.8. The Morgan fingerprint density at radius 1 is 1.13 bits per heavy atom. The average Bonchev–Trinajstić information content (AvgIpc) is 2.57. The van der Waals surface area contributed by atoms with E-state index in [0.29, 0.717) is 22.8 Å². The van der Waals surface area contributed by atoms with E-state index < -0.39 is 0 Å². The summed E-state index contributed by atoms with van der Waals surface area (Å²) in [5, 5.41) is 0.522. The number of nitrogens with zero attached hydrogens (tertiary/aromatic N) is 1. The van der Waals surface area contributed by atoms with Gasteiger partial charge in [-0.1, -0.05) is 35.9 Å². The number of methoxy groups -OCH3 is 1. The molecular weight excluding hydrogens is 314 g/mol. The van der Waals surface area contributed by atoms with E-state index in [-0.39, 0.29) is 18.3 Å². The molecule has 0 saturated carbocycles. The van der Waals surface area contributed by atoms with Crippen molar-refractivity contribution in [3.63, 3.8) is 0 Å². The SMILES string of the molecule is CCN(C(=O)c1cccc(CC(=O)OC)c1)c1ccccc1Cl. The second-order valence-corrected chi connectivity index (χ2v) is 5.36. The first-order chi connectivity index (χ1) is 11.1. The van der Waals surface area contributed by atoms with Crippen molar-refractivity contribution in [2.75, 3.05) is 18.6 Å². The minimum Gasteiger partial charge on any atom is -0.469 e. The monoisotopic (exact) mass is 331 g/mol. The highest BCUT2D eigenvalue weighted by molar-refractivity contribution is 6.34. The van der Waals surface area contributed by atoms with Crippen molar-refractivity contribution in [2.24, 2.45) is 0 Å². The summed E-state index contributed by atoms with van der Waals surface area (Å²) in [5.41, 5.74) is 1.91. The van der Waals surface area contributed by atoms with E-state index in [0.717, 1.165) is 5.56 Å². The lowest BCUT2D eigenvalue weighted by Gasteiger charge is -2.22. The van der Waals surface area contributed by atoms with Crippen LogP contribution >= 0.6 is 11.6 Å². The Morgan fingerprint density at radius 2 is 1.87 bits per heavy atom. The van der Waals surface area contributed by atoms with E-state index in [1.807, 2.05) is 25.1 Å². The third-order valence-corrected chi connectivity index (χ3v) is 3.77. The molecule has 0 radical (unpaired) electrons. The van der Waals surface area contributed by atoms with E-state index in [2.05, 4.69) is 4.74 Å². The van der Waals surface area contributed by atoms with Crippen molar-refractivity contribution in [3.8, 4) is 0 Å². The molecule has 0 bridgehead atoms. The predicted molar refractivity (Wildman–Crippen MR) is 91.0 cm³/mol. The quantitative estimate of drug-likeness (QED) is 0.784. The fourth-order valence-electron chi connectivity index (χ4n) is 2.30. The first-order valence-corrected chi connectivity index (χ1v) is 7.66. The minimum absolute atomic E-state index is 0.135. The minimum atomic E-state index is -0.340. The second-order valence-electron chi connectivity index (χ2n) is 4.95. The molecule has 2 aromatic rings. The molecule has 0 heterocycles. The Morgan fingerprint density at radius 3 is 2.52 bits per heavy atom. The van der Waals surface area contributed by atoms with Crippen LogP contribution in [0.5, 0.6) is 0 Å². The van der Waals surface area contributed by atoms with Crippen LogP contribution in [0, 0.1) is 0 Å². The van der Waals surface area contributed by atoms with Crippen LogP contribution in [-0.4, -0.2) is 25.5 Å². The normalized spacial score (nSPS) is 10.2. The van der Waals surface area contributed by atoms with E-state index in [1.54, 1.807) is 35.2 Å². The van der Waals surface area contributed by atoms with Crippen molar-refractivity contribution in [2.45, 2.75) is 13.3 Å². The number of ether oxygens (including phenoxy) is 1. The Bertz CT molecular complexity index is 715. The topological polar surface area (TPSA) is 46.6 Å². The predicted octanol–water partition coefficient (Wildman–Crippen LogP) is 3.72. The molecular formula is C18H18ClNO3. The molecule has 0 N–H and O–H groups in total.